The SMILES string of the molecule is CCCCN(CC)C(=O)Oc1ccc2c(c1)C(NC(=O)OC(C)(C)C)CC2. The molecule has 0 bridgehead atoms. The highest BCUT2D eigenvalue weighted by Crippen LogP contribution is 2.34. The zero-order valence-electron chi connectivity index (χ0n) is 17.1. The molecule has 6 heteroatoms. The lowest BCUT2D eigenvalue weighted by Crippen LogP contribution is -2.34. The Morgan fingerprint density at radius 1 is 1.26 bits per heavy atom. The molecule has 0 heterocycles. The van der Waals surface area contributed by atoms with Gasteiger partial charge in [-0.05, 0) is 70.2 Å². The van der Waals surface area contributed by atoms with Crippen LogP contribution in [0.3, 0.4) is 0 Å². The smallest absolute Gasteiger partial charge is 0.415 e. The molecular formula is C21H32N2O4. The molecule has 0 fully saturated rings. The van der Waals surface area contributed by atoms with Gasteiger partial charge in [-0.15, -0.1) is 0 Å². The fourth-order valence-corrected chi connectivity index (χ4v) is 3.14. The largest absolute Gasteiger partial charge is 0.444 e. The molecule has 1 aromatic carbocycles. The Morgan fingerprint density at radius 3 is 2.63 bits per heavy atom. The molecule has 150 valence electrons. The minimum absolute atomic E-state index is 0.129. The average molecular weight is 376 g/mol. The number of amides is 2. The van der Waals surface area contributed by atoms with Crippen LogP contribution in [0.25, 0.3) is 0 Å². The summed E-state index contributed by atoms with van der Waals surface area (Å²) in [5, 5.41) is 2.92. The second kappa shape index (κ2) is 9.11. The van der Waals surface area contributed by atoms with E-state index in [4.69, 9.17) is 9.47 Å². The van der Waals surface area contributed by atoms with E-state index in [9.17, 15) is 9.59 Å². The molecule has 0 aliphatic heterocycles. The van der Waals surface area contributed by atoms with Crippen LogP contribution in [0.2, 0.25) is 0 Å². The predicted octanol–water partition coefficient (Wildman–Crippen LogP) is 4.82. The number of carbonyl (C=O) groups is 2. The maximum absolute atomic E-state index is 12.4. The fourth-order valence-electron chi connectivity index (χ4n) is 3.14. The molecule has 2 amide bonds. The number of fused-ring (bicyclic) bond motifs is 1. The van der Waals surface area contributed by atoms with Gasteiger partial charge in [0.05, 0.1) is 6.04 Å². The van der Waals surface area contributed by atoms with Gasteiger partial charge in [-0.25, -0.2) is 9.59 Å². The summed E-state index contributed by atoms with van der Waals surface area (Å²) in [5.74, 6) is 0.506. The molecule has 2 rings (SSSR count). The molecule has 0 aromatic heterocycles. The normalized spacial score (nSPS) is 15.8. The van der Waals surface area contributed by atoms with E-state index >= 15 is 0 Å². The summed E-state index contributed by atoms with van der Waals surface area (Å²) >= 11 is 0. The molecule has 27 heavy (non-hydrogen) atoms. The maximum Gasteiger partial charge on any atom is 0.415 e. The van der Waals surface area contributed by atoms with Gasteiger partial charge < -0.3 is 19.7 Å². The van der Waals surface area contributed by atoms with Gasteiger partial charge in [0.25, 0.3) is 0 Å². The van der Waals surface area contributed by atoms with Crippen LogP contribution in [-0.4, -0.2) is 35.8 Å². The number of alkyl carbamates (subject to hydrolysis) is 1. The second-order valence-electron chi connectivity index (χ2n) is 7.90. The fraction of sp³-hybridized carbons (Fsp3) is 0.619. The first-order chi connectivity index (χ1) is 12.7. The third-order valence-electron chi connectivity index (χ3n) is 4.51. The van der Waals surface area contributed by atoms with E-state index in [1.807, 2.05) is 45.9 Å². The number of carbonyl (C=O) groups excluding carboxylic acids is 2. The molecule has 1 aromatic rings. The summed E-state index contributed by atoms with van der Waals surface area (Å²) in [6.07, 6.45) is 2.90. The molecule has 1 unspecified atom stereocenters. The summed E-state index contributed by atoms with van der Waals surface area (Å²) in [5.41, 5.74) is 1.61. The van der Waals surface area contributed by atoms with Crippen LogP contribution in [0.1, 0.15) is 71.0 Å². The molecule has 1 aliphatic rings. The molecular weight excluding hydrogens is 344 g/mol. The van der Waals surface area contributed by atoms with Crippen molar-refractivity contribution in [2.45, 2.75) is 71.9 Å². The molecule has 0 spiro atoms. The standard InChI is InChI=1S/C21H32N2O4/c1-6-8-13-23(7-2)20(25)26-16-11-9-15-10-12-18(17(15)14-16)22-19(24)27-21(3,4)5/h9,11,14,18H,6-8,10,12-13H2,1-5H3,(H,22,24). The quantitative estimate of drug-likeness (QED) is 0.773. The van der Waals surface area contributed by atoms with Gasteiger partial charge >= 0.3 is 12.2 Å². The number of benzene rings is 1. The number of aryl methyl sites for hydroxylation is 1. The first-order valence-corrected chi connectivity index (χ1v) is 9.82. The van der Waals surface area contributed by atoms with Crippen molar-refractivity contribution in [3.8, 4) is 5.75 Å². The van der Waals surface area contributed by atoms with Crippen molar-refractivity contribution in [3.63, 3.8) is 0 Å². The number of ether oxygens (including phenoxy) is 2. The Labute approximate surface area is 162 Å². The van der Waals surface area contributed by atoms with E-state index in [-0.39, 0.29) is 12.1 Å². The van der Waals surface area contributed by atoms with E-state index in [0.717, 1.165) is 36.8 Å². The third-order valence-corrected chi connectivity index (χ3v) is 4.51. The van der Waals surface area contributed by atoms with Crippen molar-refractivity contribution in [2.24, 2.45) is 0 Å². The van der Waals surface area contributed by atoms with Crippen molar-refractivity contribution in [3.05, 3.63) is 29.3 Å². The maximum atomic E-state index is 12.4. The summed E-state index contributed by atoms with van der Waals surface area (Å²) in [7, 11) is 0. The van der Waals surface area contributed by atoms with Gasteiger partial charge in [0, 0.05) is 13.1 Å². The number of nitrogens with one attached hydrogen (secondary N) is 1. The van der Waals surface area contributed by atoms with Gasteiger partial charge in [-0.2, -0.15) is 0 Å². The van der Waals surface area contributed by atoms with E-state index in [1.54, 1.807) is 4.90 Å². The van der Waals surface area contributed by atoms with Crippen molar-refractivity contribution in [2.75, 3.05) is 13.1 Å². The summed E-state index contributed by atoms with van der Waals surface area (Å²) in [4.78, 5) is 26.2. The first-order valence-electron chi connectivity index (χ1n) is 9.82. The Hall–Kier alpha value is -2.24. The predicted molar refractivity (Wildman–Crippen MR) is 105 cm³/mol. The second-order valence-corrected chi connectivity index (χ2v) is 7.90. The Balaban J connectivity index is 2.04. The van der Waals surface area contributed by atoms with Crippen LogP contribution in [0, 0.1) is 0 Å². The highest BCUT2D eigenvalue weighted by Gasteiger charge is 2.27. The van der Waals surface area contributed by atoms with E-state index in [2.05, 4.69) is 12.2 Å². The molecule has 0 radical (unpaired) electrons. The van der Waals surface area contributed by atoms with E-state index in [1.165, 1.54) is 0 Å². The van der Waals surface area contributed by atoms with E-state index < -0.39 is 11.7 Å². The first kappa shape index (κ1) is 21.1. The number of unbranched alkanes of at least 4 members (excludes halogenated alkanes) is 1. The van der Waals surface area contributed by atoms with Gasteiger partial charge in [0.2, 0.25) is 0 Å². The number of hydrogen-bond acceptors (Lipinski definition) is 4. The summed E-state index contributed by atoms with van der Waals surface area (Å²) in [6, 6.07) is 5.52. The minimum atomic E-state index is -0.537. The Bertz CT molecular complexity index is 667. The van der Waals surface area contributed by atoms with Crippen LogP contribution in [0.15, 0.2) is 18.2 Å². The van der Waals surface area contributed by atoms with E-state index in [0.29, 0.717) is 18.8 Å². The summed E-state index contributed by atoms with van der Waals surface area (Å²) < 4.78 is 10.9. The van der Waals surface area contributed by atoms with Crippen molar-refractivity contribution < 1.29 is 19.1 Å². The van der Waals surface area contributed by atoms with Gasteiger partial charge in [0.15, 0.2) is 0 Å². The van der Waals surface area contributed by atoms with Crippen LogP contribution in [-0.2, 0) is 11.2 Å². The average Bonchev–Trinajstić information content (AvgIpc) is 2.96. The third kappa shape index (κ3) is 6.15. The molecule has 6 nitrogen and oxygen atoms in total. The van der Waals surface area contributed by atoms with Crippen LogP contribution < -0.4 is 10.1 Å². The minimum Gasteiger partial charge on any atom is -0.444 e. The van der Waals surface area contributed by atoms with Gasteiger partial charge in [-0.1, -0.05) is 19.4 Å². The van der Waals surface area contributed by atoms with Gasteiger partial charge in [0.1, 0.15) is 11.4 Å². The van der Waals surface area contributed by atoms with Crippen molar-refractivity contribution in [1.82, 2.24) is 10.2 Å². The van der Waals surface area contributed by atoms with Crippen molar-refractivity contribution in [1.29, 1.82) is 0 Å². The van der Waals surface area contributed by atoms with Crippen LogP contribution in [0.5, 0.6) is 5.75 Å². The number of nitrogens with zero attached hydrogens (tertiary/aromatic N) is 1. The molecule has 1 atom stereocenters. The van der Waals surface area contributed by atoms with Crippen molar-refractivity contribution >= 4 is 12.2 Å². The molecule has 0 saturated carbocycles. The summed E-state index contributed by atoms with van der Waals surface area (Å²) in [6.45, 7) is 10.9. The van der Waals surface area contributed by atoms with Crippen LogP contribution in [0.4, 0.5) is 9.59 Å². The van der Waals surface area contributed by atoms with Gasteiger partial charge in [-0.3, -0.25) is 0 Å². The molecule has 0 saturated heterocycles. The number of hydrogen-bond donors (Lipinski definition) is 1. The highest BCUT2D eigenvalue weighted by atomic mass is 16.6. The topological polar surface area (TPSA) is 67.9 Å². The lowest BCUT2D eigenvalue weighted by atomic mass is 10.1. The lowest BCUT2D eigenvalue weighted by Gasteiger charge is -2.22. The monoisotopic (exact) mass is 376 g/mol. The Morgan fingerprint density at radius 2 is 2.00 bits per heavy atom. The number of rotatable bonds is 6. The molecule has 1 N–H and O–H groups in total. The zero-order chi connectivity index (χ0) is 20.0. The van der Waals surface area contributed by atoms with Crippen LogP contribution >= 0.6 is 0 Å². The Kier molecular flexibility index (Phi) is 7.11. The highest BCUT2D eigenvalue weighted by molar-refractivity contribution is 5.71. The zero-order valence-corrected chi connectivity index (χ0v) is 17.1. The molecule has 1 aliphatic carbocycles. The lowest BCUT2D eigenvalue weighted by molar-refractivity contribution is 0.0503.